The number of likely N-dealkylation sites (tertiary alicyclic amines) is 1. The van der Waals surface area contributed by atoms with Gasteiger partial charge in [0.25, 0.3) is 5.91 Å². The number of nitrogens with zero attached hydrogens (tertiary/aromatic N) is 1. The lowest BCUT2D eigenvalue weighted by molar-refractivity contribution is 0.0543. The summed E-state index contributed by atoms with van der Waals surface area (Å²) in [6.45, 7) is 0.849. The van der Waals surface area contributed by atoms with E-state index in [9.17, 15) is 14.3 Å². The first-order valence-corrected chi connectivity index (χ1v) is 6.98. The van der Waals surface area contributed by atoms with E-state index in [4.69, 9.17) is 5.11 Å². The summed E-state index contributed by atoms with van der Waals surface area (Å²) in [7, 11) is 0. The molecule has 2 rings (SSSR count). The van der Waals surface area contributed by atoms with Gasteiger partial charge in [-0.15, -0.1) is 0 Å². The molecule has 1 fully saturated rings. The summed E-state index contributed by atoms with van der Waals surface area (Å²) in [5.74, 6) is 4.49. The van der Waals surface area contributed by atoms with Gasteiger partial charge in [-0.1, -0.05) is 11.8 Å². The van der Waals surface area contributed by atoms with E-state index in [2.05, 4.69) is 11.8 Å². The molecule has 0 aliphatic carbocycles. The van der Waals surface area contributed by atoms with Crippen LogP contribution in [0, 0.1) is 17.7 Å². The fourth-order valence-corrected chi connectivity index (χ4v) is 2.23. The van der Waals surface area contributed by atoms with E-state index in [-0.39, 0.29) is 24.2 Å². The smallest absolute Gasteiger partial charge is 0.256 e. The van der Waals surface area contributed by atoms with Crippen molar-refractivity contribution < 1.29 is 19.4 Å². The van der Waals surface area contributed by atoms with Crippen molar-refractivity contribution in [1.29, 1.82) is 0 Å². The molecule has 1 aromatic carbocycles. The molecule has 1 aliphatic rings. The molecule has 2 N–H and O–H groups in total. The number of amides is 1. The number of hydrogen-bond acceptors (Lipinski definition) is 3. The van der Waals surface area contributed by atoms with Crippen LogP contribution in [-0.4, -0.2) is 46.8 Å². The first-order valence-electron chi connectivity index (χ1n) is 6.98. The fourth-order valence-electron chi connectivity index (χ4n) is 2.23. The van der Waals surface area contributed by atoms with Crippen LogP contribution in [0.2, 0.25) is 0 Å². The third-order valence-corrected chi connectivity index (χ3v) is 3.42. The van der Waals surface area contributed by atoms with E-state index in [1.54, 1.807) is 11.0 Å². The van der Waals surface area contributed by atoms with Crippen molar-refractivity contribution in [3.8, 4) is 11.8 Å². The molecule has 21 heavy (non-hydrogen) atoms. The van der Waals surface area contributed by atoms with Gasteiger partial charge in [-0.3, -0.25) is 4.79 Å². The summed E-state index contributed by atoms with van der Waals surface area (Å²) in [4.78, 5) is 13.8. The predicted molar refractivity (Wildman–Crippen MR) is 76.1 cm³/mol. The zero-order chi connectivity index (χ0) is 15.2. The number of piperidine rings is 1. The molecule has 0 radical (unpaired) electrons. The summed E-state index contributed by atoms with van der Waals surface area (Å²) in [5, 5.41) is 18.1. The number of halogens is 1. The van der Waals surface area contributed by atoms with Crippen molar-refractivity contribution >= 4 is 5.91 Å². The summed E-state index contributed by atoms with van der Waals surface area (Å²) in [5.41, 5.74) is 0.505. The lowest BCUT2D eigenvalue weighted by Gasteiger charge is -2.29. The Kier molecular flexibility index (Phi) is 5.32. The molecule has 0 aromatic heterocycles. The van der Waals surface area contributed by atoms with Gasteiger partial charge in [0, 0.05) is 25.1 Å². The van der Waals surface area contributed by atoms with Crippen LogP contribution in [0.3, 0.4) is 0 Å². The molecule has 112 valence electrons. The Morgan fingerprint density at radius 2 is 2.10 bits per heavy atom. The highest BCUT2D eigenvalue weighted by Crippen LogP contribution is 2.17. The van der Waals surface area contributed by atoms with Crippen molar-refractivity contribution in [2.75, 3.05) is 19.7 Å². The number of carbonyl (C=O) groups excluding carboxylic acids is 1. The molecule has 5 heteroatoms. The van der Waals surface area contributed by atoms with Gasteiger partial charge in [0.15, 0.2) is 0 Å². The third-order valence-electron chi connectivity index (χ3n) is 3.42. The zero-order valence-electron chi connectivity index (χ0n) is 11.7. The SMILES string of the molecule is O=C(c1ccc(C#CCCO)cc1F)N1CCC(O)CC1. The number of aliphatic hydroxyl groups excluding tert-OH is 2. The van der Waals surface area contributed by atoms with Crippen LogP contribution in [0.5, 0.6) is 0 Å². The number of aliphatic hydroxyl groups is 2. The van der Waals surface area contributed by atoms with E-state index >= 15 is 0 Å². The molecule has 0 saturated carbocycles. The molecule has 0 unspecified atom stereocenters. The first-order chi connectivity index (χ1) is 10.1. The van der Waals surface area contributed by atoms with Gasteiger partial charge in [0.05, 0.1) is 18.3 Å². The summed E-state index contributed by atoms with van der Waals surface area (Å²) >= 11 is 0. The maximum atomic E-state index is 14.0. The van der Waals surface area contributed by atoms with Crippen LogP contribution >= 0.6 is 0 Å². The molecule has 0 bridgehead atoms. The van der Waals surface area contributed by atoms with Crippen LogP contribution in [0.1, 0.15) is 35.2 Å². The van der Waals surface area contributed by atoms with Gasteiger partial charge in [-0.2, -0.15) is 0 Å². The molecule has 4 nitrogen and oxygen atoms in total. The standard InChI is InChI=1S/C16H18FNO3/c17-15-11-12(3-1-2-10-19)4-5-14(15)16(21)18-8-6-13(20)7-9-18/h4-5,11,13,19-20H,2,6-10H2. The van der Waals surface area contributed by atoms with E-state index in [0.29, 0.717) is 37.9 Å². The second-order valence-electron chi connectivity index (χ2n) is 4.99. The van der Waals surface area contributed by atoms with Gasteiger partial charge < -0.3 is 15.1 Å². The van der Waals surface area contributed by atoms with Crippen LogP contribution in [0.25, 0.3) is 0 Å². The number of carbonyl (C=O) groups is 1. The van der Waals surface area contributed by atoms with Gasteiger partial charge in [0.2, 0.25) is 0 Å². The summed E-state index contributed by atoms with van der Waals surface area (Å²) < 4.78 is 14.0. The molecular formula is C16H18FNO3. The lowest BCUT2D eigenvalue weighted by Crippen LogP contribution is -2.40. The zero-order valence-corrected chi connectivity index (χ0v) is 11.7. The Balaban J connectivity index is 2.10. The minimum absolute atomic E-state index is 0.0269. The van der Waals surface area contributed by atoms with Crippen molar-refractivity contribution in [2.24, 2.45) is 0 Å². The van der Waals surface area contributed by atoms with E-state index in [0.717, 1.165) is 0 Å². The molecule has 0 atom stereocenters. The van der Waals surface area contributed by atoms with Gasteiger partial charge >= 0.3 is 0 Å². The van der Waals surface area contributed by atoms with Crippen LogP contribution < -0.4 is 0 Å². The van der Waals surface area contributed by atoms with Crippen LogP contribution in [-0.2, 0) is 0 Å². The Morgan fingerprint density at radius 3 is 2.71 bits per heavy atom. The minimum Gasteiger partial charge on any atom is -0.395 e. The highest BCUT2D eigenvalue weighted by molar-refractivity contribution is 5.94. The van der Waals surface area contributed by atoms with E-state index < -0.39 is 5.82 Å². The normalized spacial score (nSPS) is 15.5. The predicted octanol–water partition coefficient (Wildman–Crippen LogP) is 1.16. The monoisotopic (exact) mass is 291 g/mol. The average Bonchev–Trinajstić information content (AvgIpc) is 2.48. The van der Waals surface area contributed by atoms with Crippen molar-refractivity contribution in [3.63, 3.8) is 0 Å². The first kappa shape index (κ1) is 15.5. The molecule has 1 aromatic rings. The summed E-state index contributed by atoms with van der Waals surface area (Å²) in [6, 6.07) is 4.27. The van der Waals surface area contributed by atoms with Crippen molar-refractivity contribution in [2.45, 2.75) is 25.4 Å². The third kappa shape index (κ3) is 4.03. The van der Waals surface area contributed by atoms with E-state index in [1.807, 2.05) is 0 Å². The Labute approximate surface area is 123 Å². The number of benzene rings is 1. The maximum absolute atomic E-state index is 14.0. The Morgan fingerprint density at radius 1 is 1.38 bits per heavy atom. The molecule has 1 saturated heterocycles. The Hall–Kier alpha value is -1.90. The second kappa shape index (κ2) is 7.21. The van der Waals surface area contributed by atoms with Crippen molar-refractivity contribution in [3.05, 3.63) is 35.1 Å². The Bertz CT molecular complexity index is 569. The van der Waals surface area contributed by atoms with Crippen molar-refractivity contribution in [1.82, 2.24) is 4.90 Å². The average molecular weight is 291 g/mol. The molecule has 1 aliphatic heterocycles. The van der Waals surface area contributed by atoms with Gasteiger partial charge in [-0.05, 0) is 31.0 Å². The number of rotatable bonds is 2. The molecule has 1 amide bonds. The van der Waals surface area contributed by atoms with Crippen LogP contribution in [0.15, 0.2) is 18.2 Å². The quantitative estimate of drug-likeness (QED) is 0.804. The lowest BCUT2D eigenvalue weighted by atomic mass is 10.1. The highest BCUT2D eigenvalue weighted by atomic mass is 19.1. The largest absolute Gasteiger partial charge is 0.395 e. The maximum Gasteiger partial charge on any atom is 0.256 e. The topological polar surface area (TPSA) is 60.8 Å². The summed E-state index contributed by atoms with van der Waals surface area (Å²) in [6.07, 6.45) is 1.01. The second-order valence-corrected chi connectivity index (χ2v) is 4.99. The molecule has 0 spiro atoms. The van der Waals surface area contributed by atoms with Crippen LogP contribution in [0.4, 0.5) is 4.39 Å². The number of hydrogen-bond donors (Lipinski definition) is 2. The fraction of sp³-hybridized carbons (Fsp3) is 0.438. The highest BCUT2D eigenvalue weighted by Gasteiger charge is 2.24. The molecule has 1 heterocycles. The minimum atomic E-state index is -0.595. The van der Waals surface area contributed by atoms with Gasteiger partial charge in [0.1, 0.15) is 5.82 Å². The van der Waals surface area contributed by atoms with E-state index in [1.165, 1.54) is 12.1 Å². The van der Waals surface area contributed by atoms with Gasteiger partial charge in [-0.25, -0.2) is 4.39 Å². The molecular weight excluding hydrogens is 273 g/mol.